The van der Waals surface area contributed by atoms with Crippen LogP contribution in [0, 0.1) is 19.7 Å². The average molecular weight is 345 g/mol. The molecule has 3 rings (SSSR count). The number of fused-ring (bicyclic) bond motifs is 1. The summed E-state index contributed by atoms with van der Waals surface area (Å²) >= 11 is 0. The van der Waals surface area contributed by atoms with Gasteiger partial charge in [0, 0.05) is 29.8 Å². The molecule has 4 nitrogen and oxygen atoms in total. The van der Waals surface area contributed by atoms with E-state index in [9.17, 15) is 9.50 Å². The number of aromatic nitrogens is 1. The van der Waals surface area contributed by atoms with E-state index in [4.69, 9.17) is 5.26 Å². The molecule has 1 heterocycles. The molecule has 1 aromatic heterocycles. The van der Waals surface area contributed by atoms with Gasteiger partial charge in [-0.15, -0.1) is 0 Å². The summed E-state index contributed by atoms with van der Waals surface area (Å²) in [5.74, 6) is -1.07. The molecule has 134 valence electrons. The van der Waals surface area contributed by atoms with E-state index in [2.05, 4.69) is 43.0 Å². The van der Waals surface area contributed by atoms with Gasteiger partial charge in [0.2, 0.25) is 0 Å². The molecular weight excluding hydrogens is 321 g/mol. The standard InChI is InChI=1S/C11H12FNO3.C9H12/c1-6-8(5-16-15)7-3-11(14)9(12)4-10(7)13(6)2;1-3-9-6-4-8(2)5-7-9/h3-4,14-15H,5H2,1-2H3;4-7H,3H2,1-2H3. The topological polar surface area (TPSA) is 54.6 Å². The van der Waals surface area contributed by atoms with E-state index in [0.29, 0.717) is 10.9 Å². The number of phenolic OH excluding ortho intramolecular Hbond substituents is 1. The van der Waals surface area contributed by atoms with Gasteiger partial charge < -0.3 is 9.67 Å². The minimum atomic E-state index is -0.662. The first-order valence-electron chi connectivity index (χ1n) is 8.17. The summed E-state index contributed by atoms with van der Waals surface area (Å²) in [7, 11) is 1.79. The van der Waals surface area contributed by atoms with Crippen LogP contribution in [0.2, 0.25) is 0 Å². The maximum atomic E-state index is 13.2. The molecule has 0 saturated carbocycles. The molecule has 0 unspecified atom stereocenters. The molecule has 0 spiro atoms. The summed E-state index contributed by atoms with van der Waals surface area (Å²) in [5.41, 5.74) is 5.00. The van der Waals surface area contributed by atoms with Crippen LogP contribution in [0.1, 0.15) is 29.3 Å². The van der Waals surface area contributed by atoms with Gasteiger partial charge in [-0.2, -0.15) is 0 Å². The van der Waals surface area contributed by atoms with E-state index in [1.165, 1.54) is 23.3 Å². The van der Waals surface area contributed by atoms with Gasteiger partial charge in [-0.1, -0.05) is 36.8 Å². The molecule has 3 aromatic rings. The molecule has 0 aliphatic carbocycles. The van der Waals surface area contributed by atoms with Crippen molar-refractivity contribution in [3.05, 3.63) is 64.6 Å². The number of hydrogen-bond donors (Lipinski definition) is 2. The average Bonchev–Trinajstić information content (AvgIpc) is 2.82. The molecule has 0 saturated heterocycles. The number of hydrogen-bond acceptors (Lipinski definition) is 3. The van der Waals surface area contributed by atoms with Gasteiger partial charge in [-0.25, -0.2) is 9.28 Å². The molecule has 2 aromatic carbocycles. The van der Waals surface area contributed by atoms with Crippen LogP contribution in [0.5, 0.6) is 5.75 Å². The normalized spacial score (nSPS) is 10.6. The predicted octanol–water partition coefficient (Wildman–Crippen LogP) is 4.88. The Bertz CT molecular complexity index is 854. The lowest BCUT2D eigenvalue weighted by Crippen LogP contribution is -1.93. The van der Waals surface area contributed by atoms with Gasteiger partial charge in [-0.3, -0.25) is 5.26 Å². The van der Waals surface area contributed by atoms with Crippen molar-refractivity contribution >= 4 is 10.9 Å². The van der Waals surface area contributed by atoms with E-state index in [1.807, 2.05) is 6.92 Å². The summed E-state index contributed by atoms with van der Waals surface area (Å²) in [6.45, 7) is 6.13. The Hall–Kier alpha value is -2.37. The number of aryl methyl sites for hydroxylation is 3. The van der Waals surface area contributed by atoms with Crippen molar-refractivity contribution in [1.82, 2.24) is 4.57 Å². The van der Waals surface area contributed by atoms with Crippen LogP contribution >= 0.6 is 0 Å². The van der Waals surface area contributed by atoms with Gasteiger partial charge >= 0.3 is 0 Å². The van der Waals surface area contributed by atoms with Gasteiger partial charge in [0.05, 0.1) is 5.52 Å². The second-order valence-electron chi connectivity index (χ2n) is 6.06. The van der Waals surface area contributed by atoms with Crippen LogP contribution in [0.4, 0.5) is 4.39 Å². The molecule has 0 radical (unpaired) electrons. The zero-order chi connectivity index (χ0) is 18.6. The van der Waals surface area contributed by atoms with Gasteiger partial charge in [0.1, 0.15) is 6.61 Å². The van der Waals surface area contributed by atoms with Crippen molar-refractivity contribution < 1.29 is 19.6 Å². The quantitative estimate of drug-likeness (QED) is 0.525. The molecule has 0 atom stereocenters. The molecule has 0 aliphatic heterocycles. The largest absolute Gasteiger partial charge is 0.505 e. The molecule has 5 heteroatoms. The molecule has 0 amide bonds. The number of nitrogens with zero attached hydrogens (tertiary/aromatic N) is 1. The first-order valence-corrected chi connectivity index (χ1v) is 8.17. The van der Waals surface area contributed by atoms with Crippen molar-refractivity contribution in [2.24, 2.45) is 7.05 Å². The fourth-order valence-corrected chi connectivity index (χ4v) is 2.72. The molecular formula is C20H24FNO3. The zero-order valence-corrected chi connectivity index (χ0v) is 15.0. The highest BCUT2D eigenvalue weighted by Gasteiger charge is 2.14. The first kappa shape index (κ1) is 19.0. The van der Waals surface area contributed by atoms with E-state index < -0.39 is 11.6 Å². The monoisotopic (exact) mass is 345 g/mol. The smallest absolute Gasteiger partial charge is 0.166 e. The van der Waals surface area contributed by atoms with Crippen molar-refractivity contribution in [2.75, 3.05) is 0 Å². The van der Waals surface area contributed by atoms with Crippen LogP contribution in [0.3, 0.4) is 0 Å². The second-order valence-corrected chi connectivity index (χ2v) is 6.06. The van der Waals surface area contributed by atoms with Gasteiger partial charge in [0.15, 0.2) is 11.6 Å². The summed E-state index contributed by atoms with van der Waals surface area (Å²) in [6.07, 6.45) is 1.14. The Morgan fingerprint density at radius 3 is 2.32 bits per heavy atom. The van der Waals surface area contributed by atoms with Crippen molar-refractivity contribution in [3.8, 4) is 5.75 Å². The number of phenols is 1. The Morgan fingerprint density at radius 2 is 1.76 bits per heavy atom. The van der Waals surface area contributed by atoms with Crippen LogP contribution in [-0.4, -0.2) is 14.9 Å². The Kier molecular flexibility index (Phi) is 6.17. The van der Waals surface area contributed by atoms with Crippen molar-refractivity contribution in [1.29, 1.82) is 0 Å². The number of benzene rings is 2. The number of rotatable bonds is 3. The fraction of sp³-hybridized carbons (Fsp3) is 0.300. The third-order valence-corrected chi connectivity index (χ3v) is 4.43. The molecule has 2 N–H and O–H groups in total. The Balaban J connectivity index is 0.000000212. The van der Waals surface area contributed by atoms with Crippen LogP contribution in [0.15, 0.2) is 36.4 Å². The number of aromatic hydroxyl groups is 1. The molecule has 0 fully saturated rings. The number of halogens is 1. The Labute approximate surface area is 147 Å². The minimum absolute atomic E-state index is 0.00818. The van der Waals surface area contributed by atoms with Crippen LogP contribution < -0.4 is 0 Å². The second kappa shape index (κ2) is 8.14. The summed E-state index contributed by atoms with van der Waals surface area (Å²) in [6, 6.07) is 11.3. The maximum Gasteiger partial charge on any atom is 0.166 e. The van der Waals surface area contributed by atoms with E-state index in [-0.39, 0.29) is 6.61 Å². The predicted molar refractivity (Wildman–Crippen MR) is 97.3 cm³/mol. The van der Waals surface area contributed by atoms with Crippen LogP contribution in [-0.2, 0) is 25.0 Å². The van der Waals surface area contributed by atoms with E-state index in [0.717, 1.165) is 17.7 Å². The van der Waals surface area contributed by atoms with Crippen molar-refractivity contribution in [3.63, 3.8) is 0 Å². The lowest BCUT2D eigenvalue weighted by Gasteiger charge is -1.99. The summed E-state index contributed by atoms with van der Waals surface area (Å²) in [5, 5.41) is 18.5. The highest BCUT2D eigenvalue weighted by molar-refractivity contribution is 5.86. The lowest BCUT2D eigenvalue weighted by molar-refractivity contribution is -0.252. The van der Waals surface area contributed by atoms with E-state index >= 15 is 0 Å². The first-order chi connectivity index (χ1) is 11.9. The highest BCUT2D eigenvalue weighted by Crippen LogP contribution is 2.30. The van der Waals surface area contributed by atoms with Crippen molar-refractivity contribution in [2.45, 2.75) is 33.8 Å². The Morgan fingerprint density at radius 1 is 1.12 bits per heavy atom. The molecule has 0 bridgehead atoms. The minimum Gasteiger partial charge on any atom is -0.505 e. The molecule has 0 aliphatic rings. The maximum absolute atomic E-state index is 13.2. The highest BCUT2D eigenvalue weighted by atomic mass is 19.1. The summed E-state index contributed by atoms with van der Waals surface area (Å²) in [4.78, 5) is 4.11. The lowest BCUT2D eigenvalue weighted by atomic mass is 10.1. The van der Waals surface area contributed by atoms with E-state index in [1.54, 1.807) is 11.6 Å². The van der Waals surface area contributed by atoms with Gasteiger partial charge in [-0.05, 0) is 31.9 Å². The summed E-state index contributed by atoms with van der Waals surface area (Å²) < 4.78 is 15.0. The third-order valence-electron chi connectivity index (χ3n) is 4.43. The zero-order valence-electron chi connectivity index (χ0n) is 15.0. The fourth-order valence-electron chi connectivity index (χ4n) is 2.72. The molecule has 25 heavy (non-hydrogen) atoms. The van der Waals surface area contributed by atoms with Gasteiger partial charge in [0.25, 0.3) is 0 Å². The SMILES string of the molecule is CCc1ccc(C)cc1.Cc1c(COO)c2cc(O)c(F)cc2n1C. The van der Waals surface area contributed by atoms with Crippen LogP contribution in [0.25, 0.3) is 10.9 Å². The third kappa shape index (κ3) is 4.18.